The molecule has 3 rings (SSSR count). The number of benzene rings is 1. The van der Waals surface area contributed by atoms with E-state index in [4.69, 9.17) is 4.74 Å². The molecule has 108 valence electrons. The topological polar surface area (TPSA) is 84.1 Å². The third-order valence-corrected chi connectivity index (χ3v) is 3.36. The van der Waals surface area contributed by atoms with Crippen LogP contribution in [-0.4, -0.2) is 29.3 Å². The van der Waals surface area contributed by atoms with E-state index in [0.717, 1.165) is 30.8 Å². The van der Waals surface area contributed by atoms with Crippen molar-refractivity contribution in [1.29, 1.82) is 0 Å². The average Bonchev–Trinajstić information content (AvgIpc) is 2.95. The summed E-state index contributed by atoms with van der Waals surface area (Å²) in [4.78, 5) is 22.7. The summed E-state index contributed by atoms with van der Waals surface area (Å²) in [7, 11) is 0. The standard InChI is InChI=1S/C15H15N3O3/c19-14-4-2-12(17-18-14)15(20)16-7-5-10-1-3-13-11(9-10)6-8-21-13/h1-4,9H,5-8H2,(H,16,20)(H,18,19). The monoisotopic (exact) mass is 285 g/mol. The Bertz CT molecular complexity index is 704. The molecule has 0 fully saturated rings. The molecule has 1 aliphatic heterocycles. The molecular formula is C15H15N3O3. The highest BCUT2D eigenvalue weighted by atomic mass is 16.5. The van der Waals surface area contributed by atoms with Crippen molar-refractivity contribution >= 4 is 5.91 Å². The van der Waals surface area contributed by atoms with Crippen molar-refractivity contribution in [3.63, 3.8) is 0 Å². The fourth-order valence-corrected chi connectivity index (χ4v) is 2.28. The normalized spacial score (nSPS) is 12.6. The van der Waals surface area contributed by atoms with E-state index in [-0.39, 0.29) is 17.2 Å². The molecule has 1 aliphatic rings. The molecular weight excluding hydrogens is 270 g/mol. The Morgan fingerprint density at radius 1 is 1.33 bits per heavy atom. The van der Waals surface area contributed by atoms with Gasteiger partial charge in [-0.3, -0.25) is 9.59 Å². The first-order chi connectivity index (χ1) is 10.2. The number of nitrogens with zero attached hydrogens (tertiary/aromatic N) is 1. The fourth-order valence-electron chi connectivity index (χ4n) is 2.28. The van der Waals surface area contributed by atoms with Crippen LogP contribution in [0.1, 0.15) is 21.6 Å². The number of fused-ring (bicyclic) bond motifs is 1. The van der Waals surface area contributed by atoms with E-state index >= 15 is 0 Å². The molecule has 2 heterocycles. The first-order valence-corrected chi connectivity index (χ1v) is 6.81. The Morgan fingerprint density at radius 2 is 2.24 bits per heavy atom. The molecule has 2 N–H and O–H groups in total. The van der Waals surface area contributed by atoms with Crippen molar-refractivity contribution in [3.8, 4) is 5.75 Å². The predicted molar refractivity (Wildman–Crippen MR) is 76.5 cm³/mol. The summed E-state index contributed by atoms with van der Waals surface area (Å²) in [6.45, 7) is 1.26. The lowest BCUT2D eigenvalue weighted by molar-refractivity contribution is 0.0948. The van der Waals surface area contributed by atoms with E-state index in [1.165, 1.54) is 17.7 Å². The number of aromatic amines is 1. The van der Waals surface area contributed by atoms with E-state index in [1.807, 2.05) is 12.1 Å². The lowest BCUT2D eigenvalue weighted by Crippen LogP contribution is -2.27. The van der Waals surface area contributed by atoms with Gasteiger partial charge in [-0.2, -0.15) is 5.10 Å². The molecule has 0 radical (unpaired) electrons. The predicted octanol–water partition coefficient (Wildman–Crippen LogP) is 0.677. The van der Waals surface area contributed by atoms with E-state index in [1.54, 1.807) is 0 Å². The zero-order valence-corrected chi connectivity index (χ0v) is 11.4. The van der Waals surface area contributed by atoms with Crippen LogP contribution < -0.4 is 15.6 Å². The van der Waals surface area contributed by atoms with E-state index in [9.17, 15) is 9.59 Å². The molecule has 0 spiro atoms. The second-order valence-corrected chi connectivity index (χ2v) is 4.85. The Labute approximate surface area is 121 Å². The number of hydrogen-bond donors (Lipinski definition) is 2. The molecule has 6 nitrogen and oxygen atoms in total. The summed E-state index contributed by atoms with van der Waals surface area (Å²) in [5, 5.41) is 8.70. The van der Waals surface area contributed by atoms with Crippen LogP contribution in [0.5, 0.6) is 5.75 Å². The van der Waals surface area contributed by atoms with Crippen molar-refractivity contribution in [1.82, 2.24) is 15.5 Å². The SMILES string of the molecule is O=C(NCCc1ccc2c(c1)CCO2)c1ccc(=O)[nH]n1. The molecule has 1 aromatic heterocycles. The molecule has 0 atom stereocenters. The largest absolute Gasteiger partial charge is 0.493 e. The average molecular weight is 285 g/mol. The number of nitrogens with one attached hydrogen (secondary N) is 2. The third-order valence-electron chi connectivity index (χ3n) is 3.36. The zero-order chi connectivity index (χ0) is 14.7. The maximum absolute atomic E-state index is 11.8. The van der Waals surface area contributed by atoms with Gasteiger partial charge in [-0.1, -0.05) is 12.1 Å². The van der Waals surface area contributed by atoms with Gasteiger partial charge in [0.25, 0.3) is 11.5 Å². The summed E-state index contributed by atoms with van der Waals surface area (Å²) in [5.74, 6) is 0.663. The number of carbonyl (C=O) groups excluding carboxylic acids is 1. The van der Waals surface area contributed by atoms with Crippen molar-refractivity contribution in [3.05, 3.63) is 57.5 Å². The van der Waals surface area contributed by atoms with Crippen LogP contribution in [0.2, 0.25) is 0 Å². The van der Waals surface area contributed by atoms with E-state index < -0.39 is 0 Å². The Morgan fingerprint density at radius 3 is 3.05 bits per heavy atom. The van der Waals surface area contributed by atoms with Crippen LogP contribution >= 0.6 is 0 Å². The number of carbonyl (C=O) groups is 1. The minimum atomic E-state index is -0.327. The summed E-state index contributed by atoms with van der Waals surface area (Å²) >= 11 is 0. The van der Waals surface area contributed by atoms with Gasteiger partial charge in [-0.05, 0) is 29.7 Å². The van der Waals surface area contributed by atoms with Gasteiger partial charge in [0, 0.05) is 19.0 Å². The highest BCUT2D eigenvalue weighted by Crippen LogP contribution is 2.25. The third kappa shape index (κ3) is 3.10. The van der Waals surface area contributed by atoms with Gasteiger partial charge in [-0.15, -0.1) is 0 Å². The quantitative estimate of drug-likeness (QED) is 0.865. The lowest BCUT2D eigenvalue weighted by Gasteiger charge is -2.06. The van der Waals surface area contributed by atoms with Gasteiger partial charge in [0.05, 0.1) is 6.61 Å². The molecule has 1 amide bonds. The number of ether oxygens (including phenoxy) is 1. The Hall–Kier alpha value is -2.63. The van der Waals surface area contributed by atoms with Gasteiger partial charge in [0.2, 0.25) is 0 Å². The molecule has 1 aromatic carbocycles. The van der Waals surface area contributed by atoms with E-state index in [2.05, 4.69) is 21.6 Å². The molecule has 0 bridgehead atoms. The zero-order valence-electron chi connectivity index (χ0n) is 11.4. The van der Waals surface area contributed by atoms with Crippen LogP contribution in [0.4, 0.5) is 0 Å². The van der Waals surface area contributed by atoms with Crippen LogP contribution in [0.3, 0.4) is 0 Å². The summed E-state index contributed by atoms with van der Waals surface area (Å²) in [5.41, 5.74) is 2.26. The summed E-state index contributed by atoms with van der Waals surface area (Å²) < 4.78 is 5.46. The van der Waals surface area contributed by atoms with Gasteiger partial charge in [0.15, 0.2) is 0 Å². The number of H-pyrrole nitrogens is 1. The van der Waals surface area contributed by atoms with Gasteiger partial charge < -0.3 is 10.1 Å². The molecule has 0 saturated heterocycles. The first kappa shape index (κ1) is 13.4. The van der Waals surface area contributed by atoms with Crippen LogP contribution in [0, 0.1) is 0 Å². The molecule has 6 heteroatoms. The highest BCUT2D eigenvalue weighted by molar-refractivity contribution is 5.91. The molecule has 0 aliphatic carbocycles. The minimum absolute atomic E-state index is 0.206. The maximum atomic E-state index is 11.8. The summed E-state index contributed by atoms with van der Waals surface area (Å²) in [6, 6.07) is 8.79. The lowest BCUT2D eigenvalue weighted by atomic mass is 10.1. The van der Waals surface area contributed by atoms with Crippen molar-refractivity contribution in [2.75, 3.05) is 13.2 Å². The highest BCUT2D eigenvalue weighted by Gasteiger charge is 2.12. The first-order valence-electron chi connectivity index (χ1n) is 6.81. The smallest absolute Gasteiger partial charge is 0.271 e. The van der Waals surface area contributed by atoms with Gasteiger partial charge in [0.1, 0.15) is 11.4 Å². The minimum Gasteiger partial charge on any atom is -0.493 e. The maximum Gasteiger partial charge on any atom is 0.271 e. The van der Waals surface area contributed by atoms with Crippen molar-refractivity contribution < 1.29 is 9.53 Å². The van der Waals surface area contributed by atoms with Crippen LogP contribution in [0.15, 0.2) is 35.1 Å². The van der Waals surface area contributed by atoms with Crippen LogP contribution in [0.25, 0.3) is 0 Å². The van der Waals surface area contributed by atoms with Gasteiger partial charge in [-0.25, -0.2) is 5.10 Å². The van der Waals surface area contributed by atoms with Gasteiger partial charge >= 0.3 is 0 Å². The number of rotatable bonds is 4. The second kappa shape index (κ2) is 5.78. The molecule has 21 heavy (non-hydrogen) atoms. The Kier molecular flexibility index (Phi) is 3.68. The van der Waals surface area contributed by atoms with Crippen molar-refractivity contribution in [2.45, 2.75) is 12.8 Å². The number of amides is 1. The molecule has 2 aromatic rings. The Balaban J connectivity index is 1.55. The fraction of sp³-hybridized carbons (Fsp3) is 0.267. The second-order valence-electron chi connectivity index (χ2n) is 4.85. The molecule has 0 unspecified atom stereocenters. The summed E-state index contributed by atoms with van der Waals surface area (Å²) in [6.07, 6.45) is 1.68. The van der Waals surface area contributed by atoms with E-state index in [0.29, 0.717) is 6.54 Å². The van der Waals surface area contributed by atoms with Crippen molar-refractivity contribution in [2.24, 2.45) is 0 Å². The number of aromatic nitrogens is 2. The van der Waals surface area contributed by atoms with Crippen LogP contribution in [-0.2, 0) is 12.8 Å². The number of hydrogen-bond acceptors (Lipinski definition) is 4. The molecule has 0 saturated carbocycles.